The number of rotatable bonds is 5. The molecule has 0 N–H and O–H groups in total. The van der Waals surface area contributed by atoms with Crippen molar-refractivity contribution in [3.8, 4) is 12.1 Å². The molecule has 3 heteroatoms. The highest BCUT2D eigenvalue weighted by atomic mass is 15.1. The van der Waals surface area contributed by atoms with Crippen LogP contribution in [0.15, 0.2) is 0 Å². The van der Waals surface area contributed by atoms with Gasteiger partial charge in [0.05, 0.1) is 18.6 Å². The van der Waals surface area contributed by atoms with Crippen molar-refractivity contribution >= 4 is 0 Å². The molecule has 0 aliphatic rings. The Morgan fingerprint density at radius 1 is 1.33 bits per heavy atom. The molecule has 0 amide bonds. The van der Waals surface area contributed by atoms with E-state index in [1.54, 1.807) is 0 Å². The third kappa shape index (κ3) is 3.95. The van der Waals surface area contributed by atoms with Gasteiger partial charge >= 0.3 is 0 Å². The summed E-state index contributed by atoms with van der Waals surface area (Å²) >= 11 is 0. The molecule has 0 saturated carbocycles. The van der Waals surface area contributed by atoms with Crippen LogP contribution in [0.2, 0.25) is 0 Å². The highest BCUT2D eigenvalue weighted by Crippen LogP contribution is 2.05. The average Bonchev–Trinajstić information content (AvgIpc) is 2.10. The van der Waals surface area contributed by atoms with Gasteiger partial charge in [0, 0.05) is 19.0 Å². The van der Waals surface area contributed by atoms with Crippen molar-refractivity contribution < 1.29 is 0 Å². The predicted molar refractivity (Wildman–Crippen MR) is 47.2 cm³/mol. The lowest BCUT2D eigenvalue weighted by Crippen LogP contribution is -2.31. The molecule has 1 unspecified atom stereocenters. The van der Waals surface area contributed by atoms with Gasteiger partial charge in [-0.3, -0.25) is 0 Å². The minimum atomic E-state index is 0.309. The molecule has 1 atom stereocenters. The minimum absolute atomic E-state index is 0.309. The first kappa shape index (κ1) is 10.9. The van der Waals surface area contributed by atoms with E-state index in [0.717, 1.165) is 13.0 Å². The van der Waals surface area contributed by atoms with E-state index in [1.165, 1.54) is 0 Å². The molecule has 3 nitrogen and oxygen atoms in total. The van der Waals surface area contributed by atoms with Crippen molar-refractivity contribution in [2.75, 3.05) is 13.6 Å². The highest BCUT2D eigenvalue weighted by Gasteiger charge is 2.10. The van der Waals surface area contributed by atoms with E-state index in [2.05, 4.69) is 24.0 Å². The molecule has 0 heterocycles. The second-order valence-electron chi connectivity index (χ2n) is 2.81. The quantitative estimate of drug-likeness (QED) is 0.620. The number of hydrogen-bond acceptors (Lipinski definition) is 3. The van der Waals surface area contributed by atoms with Crippen molar-refractivity contribution in [1.82, 2.24) is 4.90 Å². The standard InChI is InChI=1S/C9H15N3/c1-3-9(5-7-11)12(2)8-4-6-10/h9H,3-5,8H2,1-2H3. The summed E-state index contributed by atoms with van der Waals surface area (Å²) in [7, 11) is 1.96. The zero-order valence-corrected chi connectivity index (χ0v) is 7.75. The van der Waals surface area contributed by atoms with Crippen molar-refractivity contribution in [2.24, 2.45) is 0 Å². The minimum Gasteiger partial charge on any atom is -0.301 e. The van der Waals surface area contributed by atoms with Gasteiger partial charge in [0.25, 0.3) is 0 Å². The molecule has 0 aromatic rings. The topological polar surface area (TPSA) is 50.8 Å². The van der Waals surface area contributed by atoms with E-state index in [9.17, 15) is 0 Å². The Labute approximate surface area is 74.2 Å². The van der Waals surface area contributed by atoms with Gasteiger partial charge in [0.1, 0.15) is 0 Å². The van der Waals surface area contributed by atoms with E-state index in [4.69, 9.17) is 10.5 Å². The molecule has 0 aliphatic heterocycles. The molecule has 66 valence electrons. The third-order valence-corrected chi connectivity index (χ3v) is 2.00. The van der Waals surface area contributed by atoms with Crippen LogP contribution in [-0.2, 0) is 0 Å². The van der Waals surface area contributed by atoms with Crippen molar-refractivity contribution in [3.63, 3.8) is 0 Å². The van der Waals surface area contributed by atoms with Gasteiger partial charge < -0.3 is 4.90 Å². The molecule has 0 fully saturated rings. The van der Waals surface area contributed by atoms with Crippen LogP contribution in [0.1, 0.15) is 26.2 Å². The second kappa shape index (κ2) is 6.64. The maximum absolute atomic E-state index is 8.50. The molecular weight excluding hydrogens is 150 g/mol. The van der Waals surface area contributed by atoms with Crippen molar-refractivity contribution in [1.29, 1.82) is 10.5 Å². The van der Waals surface area contributed by atoms with Crippen LogP contribution >= 0.6 is 0 Å². The molecule has 0 spiro atoms. The van der Waals surface area contributed by atoms with Gasteiger partial charge in [0.2, 0.25) is 0 Å². The largest absolute Gasteiger partial charge is 0.301 e. The summed E-state index contributed by atoms with van der Waals surface area (Å²) in [5, 5.41) is 16.9. The Morgan fingerprint density at radius 2 is 2.00 bits per heavy atom. The van der Waals surface area contributed by atoms with Gasteiger partial charge in [-0.2, -0.15) is 10.5 Å². The Bertz CT molecular complexity index is 187. The van der Waals surface area contributed by atoms with E-state index in [1.807, 2.05) is 7.05 Å². The number of nitriles is 2. The zero-order valence-electron chi connectivity index (χ0n) is 7.75. The molecular formula is C9H15N3. The van der Waals surface area contributed by atoms with Crippen LogP contribution in [0.5, 0.6) is 0 Å². The molecule has 0 rings (SSSR count). The van der Waals surface area contributed by atoms with Crippen molar-refractivity contribution in [2.45, 2.75) is 32.2 Å². The van der Waals surface area contributed by atoms with Crippen LogP contribution in [0, 0.1) is 22.7 Å². The highest BCUT2D eigenvalue weighted by molar-refractivity contribution is 4.82. The average molecular weight is 165 g/mol. The lowest BCUT2D eigenvalue weighted by molar-refractivity contribution is 0.243. The van der Waals surface area contributed by atoms with Gasteiger partial charge in [0.15, 0.2) is 0 Å². The Kier molecular flexibility index (Phi) is 6.05. The fourth-order valence-corrected chi connectivity index (χ4v) is 1.13. The smallest absolute Gasteiger partial charge is 0.0638 e. The Hall–Kier alpha value is -1.06. The van der Waals surface area contributed by atoms with Gasteiger partial charge in [-0.25, -0.2) is 0 Å². The zero-order chi connectivity index (χ0) is 9.40. The van der Waals surface area contributed by atoms with Crippen LogP contribution in [-0.4, -0.2) is 24.5 Å². The first-order valence-electron chi connectivity index (χ1n) is 4.20. The number of hydrogen-bond donors (Lipinski definition) is 0. The van der Waals surface area contributed by atoms with Crippen LogP contribution < -0.4 is 0 Å². The number of nitrogens with zero attached hydrogens (tertiary/aromatic N) is 3. The molecule has 0 aliphatic carbocycles. The molecule has 0 radical (unpaired) electrons. The third-order valence-electron chi connectivity index (χ3n) is 2.00. The summed E-state index contributed by atoms with van der Waals surface area (Å²) in [6.07, 6.45) is 2.06. The molecule has 0 aromatic carbocycles. The monoisotopic (exact) mass is 165 g/mol. The van der Waals surface area contributed by atoms with E-state index in [0.29, 0.717) is 18.9 Å². The van der Waals surface area contributed by atoms with Crippen molar-refractivity contribution in [3.05, 3.63) is 0 Å². The summed E-state index contributed by atoms with van der Waals surface area (Å²) in [5.74, 6) is 0. The predicted octanol–water partition coefficient (Wildman–Crippen LogP) is 1.52. The van der Waals surface area contributed by atoms with E-state index < -0.39 is 0 Å². The molecule has 12 heavy (non-hydrogen) atoms. The normalized spacial score (nSPS) is 12.1. The summed E-state index contributed by atoms with van der Waals surface area (Å²) in [4.78, 5) is 2.08. The summed E-state index contributed by atoms with van der Waals surface area (Å²) in [5.41, 5.74) is 0. The molecule has 0 aromatic heterocycles. The first-order chi connectivity index (χ1) is 5.76. The maximum atomic E-state index is 8.50. The fraction of sp³-hybridized carbons (Fsp3) is 0.778. The lowest BCUT2D eigenvalue weighted by atomic mass is 10.1. The van der Waals surface area contributed by atoms with Gasteiger partial charge in [-0.15, -0.1) is 0 Å². The fourth-order valence-electron chi connectivity index (χ4n) is 1.13. The van der Waals surface area contributed by atoms with Gasteiger partial charge in [-0.05, 0) is 13.5 Å². The Morgan fingerprint density at radius 3 is 2.42 bits per heavy atom. The lowest BCUT2D eigenvalue weighted by Gasteiger charge is -2.23. The maximum Gasteiger partial charge on any atom is 0.0638 e. The summed E-state index contributed by atoms with van der Waals surface area (Å²) in [6, 6.07) is 4.56. The SMILES string of the molecule is CCC(CC#N)N(C)CCC#N. The van der Waals surface area contributed by atoms with E-state index >= 15 is 0 Å². The van der Waals surface area contributed by atoms with Crippen LogP contribution in [0.25, 0.3) is 0 Å². The van der Waals surface area contributed by atoms with Gasteiger partial charge in [-0.1, -0.05) is 6.92 Å². The summed E-state index contributed by atoms with van der Waals surface area (Å²) in [6.45, 7) is 2.82. The van der Waals surface area contributed by atoms with E-state index in [-0.39, 0.29) is 0 Å². The first-order valence-corrected chi connectivity index (χ1v) is 4.20. The molecule has 0 bridgehead atoms. The second-order valence-corrected chi connectivity index (χ2v) is 2.81. The Balaban J connectivity index is 3.79. The van der Waals surface area contributed by atoms with Crippen LogP contribution in [0.4, 0.5) is 0 Å². The molecule has 0 saturated heterocycles. The van der Waals surface area contributed by atoms with Crippen LogP contribution in [0.3, 0.4) is 0 Å². The summed E-state index contributed by atoms with van der Waals surface area (Å²) < 4.78 is 0.